The first kappa shape index (κ1) is 13.2. The molecule has 0 radical (unpaired) electrons. The van der Waals surface area contributed by atoms with Gasteiger partial charge in [0.15, 0.2) is 11.5 Å². The number of anilines is 1. The highest BCUT2D eigenvalue weighted by Crippen LogP contribution is 2.44. The Bertz CT molecular complexity index is 754. The lowest BCUT2D eigenvalue weighted by Crippen LogP contribution is -2.25. The number of hydrogen-bond donors (Lipinski definition) is 1. The summed E-state index contributed by atoms with van der Waals surface area (Å²) in [6.07, 6.45) is 0.456. The van der Waals surface area contributed by atoms with Gasteiger partial charge in [0, 0.05) is 24.1 Å². The lowest BCUT2D eigenvalue weighted by Gasteiger charge is -2.29. The van der Waals surface area contributed by atoms with Gasteiger partial charge in [-0.05, 0) is 29.7 Å². The molecule has 0 spiro atoms. The molecule has 0 aliphatic carbocycles. The van der Waals surface area contributed by atoms with Crippen molar-refractivity contribution in [1.82, 2.24) is 0 Å². The number of carbonyl (C=O) groups excluding carboxylic acids is 1. The van der Waals surface area contributed by atoms with E-state index in [1.165, 1.54) is 11.1 Å². The second-order valence-corrected chi connectivity index (χ2v) is 5.74. The summed E-state index contributed by atoms with van der Waals surface area (Å²) >= 11 is 0. The van der Waals surface area contributed by atoms with Crippen LogP contribution in [0.2, 0.25) is 0 Å². The quantitative estimate of drug-likeness (QED) is 0.878. The first-order valence-corrected chi connectivity index (χ1v) is 7.51. The molecule has 0 saturated heterocycles. The number of aryl methyl sites for hydroxylation is 1. The average molecular weight is 295 g/mol. The average Bonchev–Trinajstić information content (AvgIpc) is 2.53. The number of hydrogen-bond acceptors (Lipinski definition) is 3. The van der Waals surface area contributed by atoms with E-state index in [1.807, 2.05) is 24.3 Å². The van der Waals surface area contributed by atoms with E-state index in [9.17, 15) is 4.79 Å². The van der Waals surface area contributed by atoms with E-state index in [2.05, 4.69) is 24.4 Å². The third kappa shape index (κ3) is 2.11. The van der Waals surface area contributed by atoms with Crippen LogP contribution in [0.15, 0.2) is 36.4 Å². The molecule has 2 aliphatic rings. The second-order valence-electron chi connectivity index (χ2n) is 5.74. The molecule has 4 heteroatoms. The molecule has 4 nitrogen and oxygen atoms in total. The van der Waals surface area contributed by atoms with Gasteiger partial charge in [-0.1, -0.05) is 24.3 Å². The van der Waals surface area contributed by atoms with Crippen molar-refractivity contribution in [1.29, 1.82) is 0 Å². The molecule has 0 aromatic heterocycles. The molecule has 0 saturated carbocycles. The van der Waals surface area contributed by atoms with E-state index in [0.29, 0.717) is 25.4 Å². The van der Waals surface area contributed by atoms with Gasteiger partial charge >= 0.3 is 0 Å². The number of rotatable bonds is 1. The SMILES string of the molecule is Cc1ccccc1[C@H]1CC(=O)Nc2cc3c(cc21)OCCO3. The van der Waals surface area contributed by atoms with Crippen molar-refractivity contribution in [2.75, 3.05) is 18.5 Å². The maximum Gasteiger partial charge on any atom is 0.225 e. The van der Waals surface area contributed by atoms with E-state index in [-0.39, 0.29) is 11.8 Å². The molecule has 0 bridgehead atoms. The van der Waals surface area contributed by atoms with Gasteiger partial charge in [0.25, 0.3) is 0 Å². The van der Waals surface area contributed by atoms with Crippen molar-refractivity contribution in [2.24, 2.45) is 0 Å². The summed E-state index contributed by atoms with van der Waals surface area (Å²) in [5.41, 5.74) is 4.31. The molecule has 0 unspecified atom stereocenters. The van der Waals surface area contributed by atoms with Gasteiger partial charge in [0.2, 0.25) is 5.91 Å². The van der Waals surface area contributed by atoms with Crippen molar-refractivity contribution in [3.8, 4) is 11.5 Å². The van der Waals surface area contributed by atoms with Crippen LogP contribution in [0.3, 0.4) is 0 Å². The molecule has 112 valence electrons. The van der Waals surface area contributed by atoms with Gasteiger partial charge in [0.1, 0.15) is 13.2 Å². The minimum atomic E-state index is 0.0393. The minimum absolute atomic E-state index is 0.0393. The normalized spacial score (nSPS) is 19.3. The van der Waals surface area contributed by atoms with Crippen LogP contribution < -0.4 is 14.8 Å². The molecule has 1 amide bonds. The van der Waals surface area contributed by atoms with Gasteiger partial charge in [-0.3, -0.25) is 4.79 Å². The molecule has 22 heavy (non-hydrogen) atoms. The van der Waals surface area contributed by atoms with Crippen LogP contribution in [0.4, 0.5) is 5.69 Å². The fourth-order valence-corrected chi connectivity index (χ4v) is 3.25. The molecule has 2 aromatic carbocycles. The van der Waals surface area contributed by atoms with E-state index < -0.39 is 0 Å². The van der Waals surface area contributed by atoms with E-state index in [0.717, 1.165) is 17.0 Å². The number of nitrogens with one attached hydrogen (secondary N) is 1. The third-order valence-corrected chi connectivity index (χ3v) is 4.32. The Balaban J connectivity index is 1.86. The van der Waals surface area contributed by atoms with Crippen molar-refractivity contribution in [3.05, 3.63) is 53.1 Å². The van der Waals surface area contributed by atoms with Gasteiger partial charge in [0.05, 0.1) is 0 Å². The zero-order valence-electron chi connectivity index (χ0n) is 12.4. The smallest absolute Gasteiger partial charge is 0.225 e. The van der Waals surface area contributed by atoms with Crippen LogP contribution in [-0.4, -0.2) is 19.1 Å². The molecule has 2 heterocycles. The number of fused-ring (bicyclic) bond motifs is 2. The largest absolute Gasteiger partial charge is 0.486 e. The molecule has 2 aliphatic heterocycles. The van der Waals surface area contributed by atoms with Crippen LogP contribution in [0, 0.1) is 6.92 Å². The number of carbonyl (C=O) groups is 1. The predicted octanol–water partition coefficient (Wildman–Crippen LogP) is 3.24. The topological polar surface area (TPSA) is 47.6 Å². The summed E-state index contributed by atoms with van der Waals surface area (Å²) in [6.45, 7) is 3.19. The lowest BCUT2D eigenvalue weighted by atomic mass is 9.82. The van der Waals surface area contributed by atoms with Crippen LogP contribution in [0.25, 0.3) is 0 Å². The lowest BCUT2D eigenvalue weighted by molar-refractivity contribution is -0.116. The molecule has 1 N–H and O–H groups in total. The van der Waals surface area contributed by atoms with Gasteiger partial charge in [-0.15, -0.1) is 0 Å². The van der Waals surface area contributed by atoms with E-state index >= 15 is 0 Å². The second kappa shape index (κ2) is 5.05. The van der Waals surface area contributed by atoms with Crippen LogP contribution in [-0.2, 0) is 4.79 Å². The fraction of sp³-hybridized carbons (Fsp3) is 0.278. The summed E-state index contributed by atoms with van der Waals surface area (Å²) in [7, 11) is 0. The summed E-state index contributed by atoms with van der Waals surface area (Å²) in [5, 5.41) is 2.95. The standard InChI is InChI=1S/C18H17NO3/c1-11-4-2-3-5-12(11)13-9-18(20)19-15-10-17-16(8-14(13)15)21-6-7-22-17/h2-5,8,10,13H,6-7,9H2,1H3,(H,19,20)/t13-/m1/s1. The number of benzene rings is 2. The fourth-order valence-electron chi connectivity index (χ4n) is 3.25. The van der Waals surface area contributed by atoms with Crippen LogP contribution in [0.1, 0.15) is 29.0 Å². The zero-order valence-corrected chi connectivity index (χ0v) is 12.4. The van der Waals surface area contributed by atoms with Gasteiger partial charge < -0.3 is 14.8 Å². The predicted molar refractivity (Wildman–Crippen MR) is 83.7 cm³/mol. The Hall–Kier alpha value is -2.49. The Morgan fingerprint density at radius 3 is 2.55 bits per heavy atom. The first-order chi connectivity index (χ1) is 10.7. The van der Waals surface area contributed by atoms with Crippen LogP contribution >= 0.6 is 0 Å². The zero-order chi connectivity index (χ0) is 15.1. The van der Waals surface area contributed by atoms with Gasteiger partial charge in [-0.25, -0.2) is 0 Å². The van der Waals surface area contributed by atoms with E-state index in [1.54, 1.807) is 0 Å². The maximum absolute atomic E-state index is 12.1. The Labute approximate surface area is 129 Å². The third-order valence-electron chi connectivity index (χ3n) is 4.32. The number of ether oxygens (including phenoxy) is 2. The van der Waals surface area contributed by atoms with Crippen molar-refractivity contribution in [3.63, 3.8) is 0 Å². The maximum atomic E-state index is 12.1. The summed E-state index contributed by atoms with van der Waals surface area (Å²) < 4.78 is 11.3. The molecule has 1 atom stereocenters. The van der Waals surface area contributed by atoms with Gasteiger partial charge in [-0.2, -0.15) is 0 Å². The highest BCUT2D eigenvalue weighted by molar-refractivity contribution is 5.96. The minimum Gasteiger partial charge on any atom is -0.486 e. The Kier molecular flexibility index (Phi) is 3.03. The molecular weight excluding hydrogens is 278 g/mol. The monoisotopic (exact) mass is 295 g/mol. The van der Waals surface area contributed by atoms with Crippen molar-refractivity contribution < 1.29 is 14.3 Å². The summed E-state index contributed by atoms with van der Waals surface area (Å²) in [4.78, 5) is 12.1. The van der Waals surface area contributed by atoms with E-state index in [4.69, 9.17) is 9.47 Å². The molecule has 4 rings (SSSR count). The summed E-state index contributed by atoms with van der Waals surface area (Å²) in [6, 6.07) is 12.1. The summed E-state index contributed by atoms with van der Waals surface area (Å²) in [5.74, 6) is 1.56. The van der Waals surface area contributed by atoms with Crippen molar-refractivity contribution >= 4 is 11.6 Å². The first-order valence-electron chi connectivity index (χ1n) is 7.51. The van der Waals surface area contributed by atoms with Crippen LogP contribution in [0.5, 0.6) is 11.5 Å². The molecule has 0 fully saturated rings. The Morgan fingerprint density at radius 2 is 1.77 bits per heavy atom. The Morgan fingerprint density at radius 1 is 1.05 bits per heavy atom. The number of amides is 1. The highest BCUT2D eigenvalue weighted by atomic mass is 16.6. The molecule has 2 aromatic rings. The van der Waals surface area contributed by atoms with Crippen molar-refractivity contribution in [2.45, 2.75) is 19.3 Å². The highest BCUT2D eigenvalue weighted by Gasteiger charge is 2.29. The molecular formula is C18H17NO3.